The van der Waals surface area contributed by atoms with Gasteiger partial charge in [0.1, 0.15) is 6.33 Å². The Morgan fingerprint density at radius 1 is 1.62 bits per heavy atom. The molecule has 0 saturated carbocycles. The van der Waals surface area contributed by atoms with E-state index in [0.29, 0.717) is 0 Å². The van der Waals surface area contributed by atoms with E-state index < -0.39 is 0 Å². The average molecular weight is 218 g/mol. The van der Waals surface area contributed by atoms with Crippen molar-refractivity contribution in [2.45, 2.75) is 13.0 Å². The van der Waals surface area contributed by atoms with Crippen molar-refractivity contribution in [3.8, 4) is 0 Å². The zero-order valence-electron chi connectivity index (χ0n) is 9.10. The molecule has 0 saturated heterocycles. The Morgan fingerprint density at radius 2 is 2.38 bits per heavy atom. The molecule has 5 heteroatoms. The lowest BCUT2D eigenvalue weighted by molar-refractivity contribution is 0.0936. The predicted molar refractivity (Wildman–Crippen MR) is 61.8 cm³/mol. The average Bonchev–Trinajstić information content (AvgIpc) is 2.78. The summed E-state index contributed by atoms with van der Waals surface area (Å²) in [7, 11) is 0. The largest absolute Gasteiger partial charge is 0.343 e. The van der Waals surface area contributed by atoms with Crippen LogP contribution in [0.1, 0.15) is 17.5 Å². The van der Waals surface area contributed by atoms with Crippen molar-refractivity contribution in [3.63, 3.8) is 0 Å². The molecule has 0 aliphatic carbocycles. The number of nitrogens with one attached hydrogen (secondary N) is 2. The van der Waals surface area contributed by atoms with E-state index in [-0.39, 0.29) is 17.8 Å². The fraction of sp³-hybridized carbons (Fsp3) is 0.182. The monoisotopic (exact) mass is 218 g/mol. The first-order chi connectivity index (χ1) is 7.69. The van der Waals surface area contributed by atoms with E-state index in [1.54, 1.807) is 18.2 Å². The number of aromatic amines is 1. The summed E-state index contributed by atoms with van der Waals surface area (Å²) in [6.07, 6.45) is 6.40. The molecule has 5 nitrogen and oxygen atoms in total. The number of amides is 1. The molecule has 84 valence electrons. The standard InChI is InChI=1S/C11H14N4O/c1-4-6-9(5-2)8(3)14-11(16)10-12-7-13-15-10/h4-8H,1-2H2,3H3,(H,14,16)(H,12,13,15)/b9-6+. The molecule has 0 aromatic carbocycles. The summed E-state index contributed by atoms with van der Waals surface area (Å²) >= 11 is 0. The Hall–Kier alpha value is -2.17. The number of hydrogen-bond donors (Lipinski definition) is 2. The first-order valence-corrected chi connectivity index (χ1v) is 4.80. The van der Waals surface area contributed by atoms with Gasteiger partial charge in [-0.05, 0) is 12.5 Å². The van der Waals surface area contributed by atoms with E-state index in [1.807, 2.05) is 6.92 Å². The third kappa shape index (κ3) is 2.91. The quantitative estimate of drug-likeness (QED) is 0.730. The third-order valence-electron chi connectivity index (χ3n) is 2.02. The molecule has 1 heterocycles. The maximum absolute atomic E-state index is 11.6. The van der Waals surface area contributed by atoms with Crippen molar-refractivity contribution in [1.82, 2.24) is 20.5 Å². The normalized spacial score (nSPS) is 12.9. The highest BCUT2D eigenvalue weighted by molar-refractivity contribution is 5.90. The van der Waals surface area contributed by atoms with Gasteiger partial charge in [0, 0.05) is 0 Å². The second-order valence-corrected chi connectivity index (χ2v) is 3.14. The van der Waals surface area contributed by atoms with Gasteiger partial charge in [0.05, 0.1) is 6.04 Å². The minimum atomic E-state index is -0.304. The maximum atomic E-state index is 11.6. The zero-order valence-corrected chi connectivity index (χ0v) is 9.10. The molecule has 16 heavy (non-hydrogen) atoms. The Balaban J connectivity index is 2.67. The lowest BCUT2D eigenvalue weighted by atomic mass is 10.1. The molecule has 1 atom stereocenters. The van der Waals surface area contributed by atoms with Crippen LogP contribution in [0.4, 0.5) is 0 Å². The molecule has 0 spiro atoms. The SMILES string of the molecule is C=C/C=C(\C=C)C(C)NC(=O)c1ncn[nH]1. The van der Waals surface area contributed by atoms with Gasteiger partial charge in [0.2, 0.25) is 5.82 Å². The number of carbonyl (C=O) groups excluding carboxylic acids is 1. The zero-order chi connectivity index (χ0) is 12.0. The van der Waals surface area contributed by atoms with Gasteiger partial charge in [-0.25, -0.2) is 4.98 Å². The number of H-pyrrole nitrogens is 1. The molecule has 1 unspecified atom stereocenters. The number of nitrogens with zero attached hydrogens (tertiary/aromatic N) is 2. The van der Waals surface area contributed by atoms with Crippen LogP contribution in [-0.2, 0) is 0 Å². The summed E-state index contributed by atoms with van der Waals surface area (Å²) in [5, 5.41) is 8.85. The van der Waals surface area contributed by atoms with Crippen LogP contribution in [0.2, 0.25) is 0 Å². The number of carbonyl (C=O) groups is 1. The first-order valence-electron chi connectivity index (χ1n) is 4.80. The molecule has 1 aromatic rings. The summed E-state index contributed by atoms with van der Waals surface area (Å²) in [6, 6.07) is -0.159. The maximum Gasteiger partial charge on any atom is 0.289 e. The van der Waals surface area contributed by atoms with E-state index in [4.69, 9.17) is 0 Å². The Morgan fingerprint density at radius 3 is 2.88 bits per heavy atom. The molecule has 0 bridgehead atoms. The van der Waals surface area contributed by atoms with Crippen LogP contribution in [0, 0.1) is 0 Å². The molecule has 0 radical (unpaired) electrons. The van der Waals surface area contributed by atoms with E-state index >= 15 is 0 Å². The topological polar surface area (TPSA) is 70.7 Å². The molecule has 0 aliphatic rings. The van der Waals surface area contributed by atoms with Gasteiger partial charge in [-0.3, -0.25) is 9.89 Å². The molecular formula is C11H14N4O. The molecule has 0 fully saturated rings. The van der Waals surface area contributed by atoms with Crippen LogP contribution in [-0.4, -0.2) is 27.1 Å². The predicted octanol–water partition coefficient (Wildman–Crippen LogP) is 1.22. The van der Waals surface area contributed by atoms with Gasteiger partial charge in [-0.2, -0.15) is 5.10 Å². The van der Waals surface area contributed by atoms with Crippen molar-refractivity contribution < 1.29 is 4.79 Å². The fourth-order valence-corrected chi connectivity index (χ4v) is 1.19. The first kappa shape index (κ1) is 11.9. The summed E-state index contributed by atoms with van der Waals surface area (Å²) in [5.41, 5.74) is 0.878. The van der Waals surface area contributed by atoms with Crippen LogP contribution >= 0.6 is 0 Å². The summed E-state index contributed by atoms with van der Waals surface area (Å²) in [5.74, 6) is -0.115. The van der Waals surface area contributed by atoms with Gasteiger partial charge < -0.3 is 5.32 Å². The minimum Gasteiger partial charge on any atom is -0.343 e. The van der Waals surface area contributed by atoms with Crippen LogP contribution in [0.5, 0.6) is 0 Å². The number of hydrogen-bond acceptors (Lipinski definition) is 3. The Labute approximate surface area is 94.0 Å². The molecule has 2 N–H and O–H groups in total. The second-order valence-electron chi connectivity index (χ2n) is 3.14. The smallest absolute Gasteiger partial charge is 0.289 e. The summed E-state index contributed by atoms with van der Waals surface area (Å²) in [4.78, 5) is 15.4. The van der Waals surface area contributed by atoms with Crippen LogP contribution in [0.25, 0.3) is 0 Å². The van der Waals surface area contributed by atoms with Gasteiger partial charge in [-0.1, -0.05) is 31.4 Å². The van der Waals surface area contributed by atoms with E-state index in [2.05, 4.69) is 33.7 Å². The highest BCUT2D eigenvalue weighted by Gasteiger charge is 2.13. The minimum absolute atomic E-state index is 0.159. The van der Waals surface area contributed by atoms with Crippen LogP contribution in [0.3, 0.4) is 0 Å². The molecule has 1 amide bonds. The van der Waals surface area contributed by atoms with E-state index in [0.717, 1.165) is 5.57 Å². The van der Waals surface area contributed by atoms with Gasteiger partial charge in [0.25, 0.3) is 5.91 Å². The molecule has 0 aliphatic heterocycles. The molecular weight excluding hydrogens is 204 g/mol. The third-order valence-corrected chi connectivity index (χ3v) is 2.02. The van der Waals surface area contributed by atoms with E-state index in [9.17, 15) is 4.79 Å². The second kappa shape index (κ2) is 5.65. The highest BCUT2D eigenvalue weighted by atomic mass is 16.2. The van der Waals surface area contributed by atoms with Crippen molar-refractivity contribution in [1.29, 1.82) is 0 Å². The van der Waals surface area contributed by atoms with Crippen LogP contribution < -0.4 is 5.32 Å². The van der Waals surface area contributed by atoms with Crippen molar-refractivity contribution in [2.24, 2.45) is 0 Å². The molecule has 1 rings (SSSR count). The highest BCUT2D eigenvalue weighted by Crippen LogP contribution is 2.04. The van der Waals surface area contributed by atoms with Crippen LogP contribution in [0.15, 0.2) is 43.3 Å². The Kier molecular flexibility index (Phi) is 4.20. The van der Waals surface area contributed by atoms with Crippen molar-refractivity contribution in [3.05, 3.63) is 49.1 Å². The summed E-state index contributed by atoms with van der Waals surface area (Å²) in [6.45, 7) is 9.11. The van der Waals surface area contributed by atoms with Crippen molar-refractivity contribution in [2.75, 3.05) is 0 Å². The number of aromatic nitrogens is 3. The van der Waals surface area contributed by atoms with Gasteiger partial charge >= 0.3 is 0 Å². The van der Waals surface area contributed by atoms with Gasteiger partial charge in [0.15, 0.2) is 0 Å². The molecule has 1 aromatic heterocycles. The lowest BCUT2D eigenvalue weighted by Gasteiger charge is -2.13. The number of allylic oxidation sites excluding steroid dienone is 2. The van der Waals surface area contributed by atoms with Crippen molar-refractivity contribution >= 4 is 5.91 Å². The van der Waals surface area contributed by atoms with E-state index in [1.165, 1.54) is 6.33 Å². The Bertz CT molecular complexity index is 406. The summed E-state index contributed by atoms with van der Waals surface area (Å²) < 4.78 is 0. The van der Waals surface area contributed by atoms with Gasteiger partial charge in [-0.15, -0.1) is 0 Å². The number of rotatable bonds is 5. The lowest BCUT2D eigenvalue weighted by Crippen LogP contribution is -2.34. The fourth-order valence-electron chi connectivity index (χ4n) is 1.19.